The fourth-order valence-corrected chi connectivity index (χ4v) is 2.56. The maximum absolute atomic E-state index is 12.8. The number of halogens is 3. The number of carbonyl (C=O) groups excluding carboxylic acids is 1. The van der Waals surface area contributed by atoms with E-state index in [0.717, 1.165) is 12.1 Å². The van der Waals surface area contributed by atoms with Crippen molar-refractivity contribution in [3.8, 4) is 0 Å². The Balaban J connectivity index is 1.62. The van der Waals surface area contributed by atoms with Crippen LogP contribution >= 0.6 is 0 Å². The molecule has 1 aromatic carbocycles. The van der Waals surface area contributed by atoms with E-state index in [0.29, 0.717) is 11.3 Å². The van der Waals surface area contributed by atoms with E-state index in [4.69, 9.17) is 5.11 Å². The van der Waals surface area contributed by atoms with Crippen molar-refractivity contribution in [3.63, 3.8) is 0 Å². The molecule has 11 heteroatoms. The lowest BCUT2D eigenvalue weighted by Crippen LogP contribution is -2.11. The number of nitrogens with one attached hydrogen (secondary N) is 1. The van der Waals surface area contributed by atoms with Gasteiger partial charge in [0.05, 0.1) is 48.7 Å². The summed E-state index contributed by atoms with van der Waals surface area (Å²) in [4.78, 5) is 22.8. The zero-order valence-electron chi connectivity index (χ0n) is 14.9. The minimum Gasteiger partial charge on any atom is -0.481 e. The Kier molecular flexibility index (Phi) is 5.66. The van der Waals surface area contributed by atoms with E-state index in [2.05, 4.69) is 15.5 Å². The lowest BCUT2D eigenvalue weighted by molar-refractivity contribution is -0.138. The third kappa shape index (κ3) is 5.43. The van der Waals surface area contributed by atoms with Gasteiger partial charge >= 0.3 is 12.1 Å². The Morgan fingerprint density at radius 1 is 1.10 bits per heavy atom. The van der Waals surface area contributed by atoms with Gasteiger partial charge in [-0.25, -0.2) is 0 Å². The smallest absolute Gasteiger partial charge is 0.416 e. The average molecular weight is 407 g/mol. The molecule has 0 saturated carbocycles. The van der Waals surface area contributed by atoms with Gasteiger partial charge in [-0.05, 0) is 17.7 Å². The number of hydrogen-bond acceptors (Lipinski definition) is 4. The Morgan fingerprint density at radius 3 is 2.59 bits per heavy atom. The summed E-state index contributed by atoms with van der Waals surface area (Å²) in [5.74, 6) is -1.44. The van der Waals surface area contributed by atoms with E-state index >= 15 is 0 Å². The van der Waals surface area contributed by atoms with Gasteiger partial charge < -0.3 is 10.4 Å². The largest absolute Gasteiger partial charge is 0.481 e. The SMILES string of the molecule is O=C(O)CCn1cc(C(=O)Nc2cnn(Cc3cccc(C(F)(F)F)c3)c2)cn1. The van der Waals surface area contributed by atoms with E-state index in [9.17, 15) is 22.8 Å². The molecule has 0 unspecified atom stereocenters. The molecule has 0 aliphatic carbocycles. The number of carboxylic acids is 1. The van der Waals surface area contributed by atoms with Crippen LogP contribution in [-0.4, -0.2) is 36.5 Å². The molecule has 0 aliphatic rings. The predicted octanol–water partition coefficient (Wildman–Crippen LogP) is 2.87. The van der Waals surface area contributed by atoms with Gasteiger partial charge in [0.2, 0.25) is 0 Å². The number of anilines is 1. The van der Waals surface area contributed by atoms with Crippen molar-refractivity contribution in [1.29, 1.82) is 0 Å². The van der Waals surface area contributed by atoms with Crippen molar-refractivity contribution >= 4 is 17.6 Å². The Hall–Kier alpha value is -3.63. The third-order valence-electron chi connectivity index (χ3n) is 3.94. The normalized spacial score (nSPS) is 11.4. The first-order valence-electron chi connectivity index (χ1n) is 8.45. The minimum atomic E-state index is -4.42. The van der Waals surface area contributed by atoms with E-state index < -0.39 is 23.6 Å². The third-order valence-corrected chi connectivity index (χ3v) is 3.94. The van der Waals surface area contributed by atoms with Crippen molar-refractivity contribution in [1.82, 2.24) is 19.6 Å². The number of rotatable bonds is 7. The van der Waals surface area contributed by atoms with Crippen molar-refractivity contribution < 1.29 is 27.9 Å². The van der Waals surface area contributed by atoms with Gasteiger partial charge in [-0.3, -0.25) is 19.0 Å². The number of aryl methyl sites for hydroxylation is 1. The van der Waals surface area contributed by atoms with Crippen LogP contribution in [0.15, 0.2) is 49.1 Å². The fraction of sp³-hybridized carbons (Fsp3) is 0.222. The van der Waals surface area contributed by atoms with Gasteiger partial charge in [0.25, 0.3) is 5.91 Å². The molecule has 0 fully saturated rings. The van der Waals surface area contributed by atoms with E-state index in [1.165, 1.54) is 40.2 Å². The summed E-state index contributed by atoms with van der Waals surface area (Å²) >= 11 is 0. The first-order valence-corrected chi connectivity index (χ1v) is 8.45. The molecule has 0 bridgehead atoms. The highest BCUT2D eigenvalue weighted by Crippen LogP contribution is 2.29. The number of alkyl halides is 3. The second kappa shape index (κ2) is 8.17. The van der Waals surface area contributed by atoms with Crippen LogP contribution in [0.2, 0.25) is 0 Å². The van der Waals surface area contributed by atoms with Crippen molar-refractivity contribution in [3.05, 3.63) is 65.7 Å². The minimum absolute atomic E-state index is 0.104. The molecule has 0 saturated heterocycles. The van der Waals surface area contributed by atoms with Crippen molar-refractivity contribution in [2.75, 3.05) is 5.32 Å². The molecule has 2 N–H and O–H groups in total. The average Bonchev–Trinajstić information content (AvgIpc) is 3.29. The van der Waals surface area contributed by atoms with E-state index in [-0.39, 0.29) is 25.1 Å². The summed E-state index contributed by atoms with van der Waals surface area (Å²) in [6.45, 7) is 0.241. The summed E-state index contributed by atoms with van der Waals surface area (Å²) in [6.07, 6.45) is 1.06. The van der Waals surface area contributed by atoms with Crippen LogP contribution in [0.25, 0.3) is 0 Å². The summed E-state index contributed by atoms with van der Waals surface area (Å²) in [5, 5.41) is 19.2. The topological polar surface area (TPSA) is 102 Å². The summed E-state index contributed by atoms with van der Waals surface area (Å²) in [7, 11) is 0. The molecule has 3 rings (SSSR count). The molecule has 1 amide bonds. The number of amides is 1. The summed E-state index contributed by atoms with van der Waals surface area (Å²) in [5.41, 5.74) is 0.275. The number of aromatic nitrogens is 4. The van der Waals surface area contributed by atoms with Crippen molar-refractivity contribution in [2.45, 2.75) is 25.7 Å². The molecule has 0 aliphatic heterocycles. The summed E-state index contributed by atoms with van der Waals surface area (Å²) in [6, 6.07) is 4.92. The Bertz CT molecular complexity index is 1030. The van der Waals surface area contributed by atoms with E-state index in [1.807, 2.05) is 0 Å². The first kappa shape index (κ1) is 20.1. The first-order chi connectivity index (χ1) is 13.7. The second-order valence-corrected chi connectivity index (χ2v) is 6.21. The van der Waals surface area contributed by atoms with Gasteiger partial charge in [0.15, 0.2) is 0 Å². The Morgan fingerprint density at radius 2 is 1.86 bits per heavy atom. The second-order valence-electron chi connectivity index (χ2n) is 6.21. The maximum Gasteiger partial charge on any atom is 0.416 e. The van der Waals surface area contributed by atoms with Gasteiger partial charge in [-0.15, -0.1) is 0 Å². The standard InChI is InChI=1S/C18H16F3N5O3/c19-18(20,21)14-3-1-2-12(6-14)9-26-11-15(8-23-26)24-17(29)13-7-22-25(10-13)5-4-16(27)28/h1-3,6-8,10-11H,4-5,9H2,(H,24,29)(H,27,28). The van der Waals surface area contributed by atoms with Crippen LogP contribution < -0.4 is 5.32 Å². The van der Waals surface area contributed by atoms with Gasteiger partial charge in [0, 0.05) is 12.4 Å². The number of hydrogen-bond donors (Lipinski definition) is 2. The molecule has 0 spiro atoms. The molecular weight excluding hydrogens is 391 g/mol. The van der Waals surface area contributed by atoms with Crippen LogP contribution in [-0.2, 0) is 24.1 Å². The zero-order chi connectivity index (χ0) is 21.0. The summed E-state index contributed by atoms with van der Waals surface area (Å²) < 4.78 is 41.1. The maximum atomic E-state index is 12.8. The highest BCUT2D eigenvalue weighted by molar-refractivity contribution is 6.03. The van der Waals surface area contributed by atoms with Crippen LogP contribution in [0.5, 0.6) is 0 Å². The van der Waals surface area contributed by atoms with Crippen molar-refractivity contribution in [2.24, 2.45) is 0 Å². The molecular formula is C18H16F3N5O3. The van der Waals surface area contributed by atoms with Crippen LogP contribution in [0.3, 0.4) is 0 Å². The number of benzene rings is 1. The predicted molar refractivity (Wildman–Crippen MR) is 95.2 cm³/mol. The Labute approximate surface area is 162 Å². The molecule has 2 aromatic heterocycles. The zero-order valence-corrected chi connectivity index (χ0v) is 14.9. The molecule has 152 valence electrons. The molecule has 3 aromatic rings. The highest BCUT2D eigenvalue weighted by atomic mass is 19.4. The monoisotopic (exact) mass is 407 g/mol. The van der Waals surface area contributed by atoms with Gasteiger partial charge in [-0.2, -0.15) is 23.4 Å². The number of carboxylic acid groups (broad SMARTS) is 1. The lowest BCUT2D eigenvalue weighted by atomic mass is 10.1. The molecule has 2 heterocycles. The van der Waals surface area contributed by atoms with Gasteiger partial charge in [0.1, 0.15) is 0 Å². The lowest BCUT2D eigenvalue weighted by Gasteiger charge is -2.08. The quantitative estimate of drug-likeness (QED) is 0.627. The highest BCUT2D eigenvalue weighted by Gasteiger charge is 2.30. The number of carbonyl (C=O) groups is 2. The molecule has 8 nitrogen and oxygen atoms in total. The van der Waals surface area contributed by atoms with Crippen LogP contribution in [0.4, 0.5) is 18.9 Å². The van der Waals surface area contributed by atoms with Gasteiger partial charge in [-0.1, -0.05) is 12.1 Å². The van der Waals surface area contributed by atoms with Crippen LogP contribution in [0, 0.1) is 0 Å². The molecule has 29 heavy (non-hydrogen) atoms. The number of nitrogens with zero attached hydrogens (tertiary/aromatic N) is 4. The van der Waals surface area contributed by atoms with Crippen LogP contribution in [0.1, 0.15) is 27.9 Å². The molecule has 0 radical (unpaired) electrons. The molecule has 0 atom stereocenters. The fourth-order valence-electron chi connectivity index (χ4n) is 2.56. The number of aliphatic carboxylic acids is 1. The van der Waals surface area contributed by atoms with E-state index in [1.54, 1.807) is 6.07 Å².